The van der Waals surface area contributed by atoms with Crippen LogP contribution in [0.5, 0.6) is 0 Å². The molecule has 0 atom stereocenters. The summed E-state index contributed by atoms with van der Waals surface area (Å²) in [4.78, 5) is 0. The Balaban J connectivity index is 2.24. The molecule has 0 aliphatic heterocycles. The Morgan fingerprint density at radius 3 is 2.58 bits per heavy atom. The Kier molecular flexibility index (Phi) is 4.95. The lowest BCUT2D eigenvalue weighted by molar-refractivity contribution is 0.536. The van der Waals surface area contributed by atoms with Crippen molar-refractivity contribution in [3.05, 3.63) is 30.5 Å². The standard InChI is InChI=1S/C15H20N4/c1-3-7-13(8-4-2)17-19-15-14-10-6-5-9-12(14)11-16-18-15/h5-6,9-11,13H,3-4,7-8H2,1-2H3. The normalized spacial score (nSPS) is 11.7. The number of fused-ring (bicyclic) bond motifs is 1. The Labute approximate surface area is 114 Å². The molecule has 1 aromatic heterocycles. The molecule has 0 radical (unpaired) electrons. The molecule has 2 rings (SSSR count). The van der Waals surface area contributed by atoms with Crippen LogP contribution >= 0.6 is 0 Å². The molecule has 4 nitrogen and oxygen atoms in total. The van der Waals surface area contributed by atoms with Gasteiger partial charge in [0.05, 0.1) is 12.2 Å². The Hall–Kier alpha value is -1.84. The molecule has 0 unspecified atom stereocenters. The van der Waals surface area contributed by atoms with E-state index in [0.29, 0.717) is 11.9 Å². The van der Waals surface area contributed by atoms with Gasteiger partial charge in [0.1, 0.15) is 0 Å². The predicted molar refractivity (Wildman–Crippen MR) is 77.7 cm³/mol. The van der Waals surface area contributed by atoms with E-state index < -0.39 is 0 Å². The van der Waals surface area contributed by atoms with Gasteiger partial charge in [-0.2, -0.15) is 10.2 Å². The highest BCUT2D eigenvalue weighted by atomic mass is 15.2. The highest BCUT2D eigenvalue weighted by Crippen LogP contribution is 2.23. The fourth-order valence-electron chi connectivity index (χ4n) is 2.15. The lowest BCUT2D eigenvalue weighted by atomic mass is 10.1. The molecule has 0 amide bonds. The third-order valence-corrected chi connectivity index (χ3v) is 3.11. The smallest absolute Gasteiger partial charge is 0.184 e. The van der Waals surface area contributed by atoms with Crippen molar-refractivity contribution in [3.63, 3.8) is 0 Å². The van der Waals surface area contributed by atoms with Crippen LogP contribution in [0.1, 0.15) is 39.5 Å². The first kappa shape index (κ1) is 13.6. The Morgan fingerprint density at radius 2 is 1.84 bits per heavy atom. The van der Waals surface area contributed by atoms with Crippen LogP contribution < -0.4 is 0 Å². The fraction of sp³-hybridized carbons (Fsp3) is 0.467. The van der Waals surface area contributed by atoms with Gasteiger partial charge in [0, 0.05) is 10.8 Å². The molecule has 0 aliphatic carbocycles. The van der Waals surface area contributed by atoms with E-state index in [1.807, 2.05) is 24.3 Å². The molecule has 0 bridgehead atoms. The minimum absolute atomic E-state index is 0.302. The maximum Gasteiger partial charge on any atom is 0.203 e. The maximum absolute atomic E-state index is 4.45. The van der Waals surface area contributed by atoms with E-state index in [1.54, 1.807) is 6.20 Å². The largest absolute Gasteiger partial charge is 0.203 e. The van der Waals surface area contributed by atoms with Gasteiger partial charge in [-0.15, -0.1) is 10.2 Å². The van der Waals surface area contributed by atoms with Gasteiger partial charge >= 0.3 is 0 Å². The lowest BCUT2D eigenvalue weighted by Gasteiger charge is -2.07. The van der Waals surface area contributed by atoms with Gasteiger partial charge in [-0.25, -0.2) is 0 Å². The van der Waals surface area contributed by atoms with Crippen LogP contribution in [-0.4, -0.2) is 16.2 Å². The second-order valence-electron chi connectivity index (χ2n) is 4.70. The van der Waals surface area contributed by atoms with Crippen LogP contribution in [0.2, 0.25) is 0 Å². The molecule has 0 aliphatic rings. The minimum atomic E-state index is 0.302. The van der Waals surface area contributed by atoms with Crippen LogP contribution in [0.3, 0.4) is 0 Å². The van der Waals surface area contributed by atoms with E-state index in [0.717, 1.165) is 36.5 Å². The topological polar surface area (TPSA) is 50.5 Å². The number of rotatable bonds is 6. The van der Waals surface area contributed by atoms with E-state index >= 15 is 0 Å². The van der Waals surface area contributed by atoms with Gasteiger partial charge < -0.3 is 0 Å². The summed E-state index contributed by atoms with van der Waals surface area (Å²) in [6.45, 7) is 4.35. The molecule has 2 aromatic rings. The highest BCUT2D eigenvalue weighted by Gasteiger charge is 2.06. The first-order valence-electron chi connectivity index (χ1n) is 6.96. The molecule has 1 aromatic carbocycles. The molecule has 0 saturated carbocycles. The van der Waals surface area contributed by atoms with Gasteiger partial charge in [-0.05, 0) is 12.8 Å². The van der Waals surface area contributed by atoms with E-state index in [2.05, 4.69) is 34.3 Å². The summed E-state index contributed by atoms with van der Waals surface area (Å²) in [6, 6.07) is 8.29. The van der Waals surface area contributed by atoms with Crippen molar-refractivity contribution in [2.75, 3.05) is 0 Å². The summed E-state index contributed by atoms with van der Waals surface area (Å²) < 4.78 is 0. The van der Waals surface area contributed by atoms with E-state index in [1.165, 1.54) is 0 Å². The zero-order valence-electron chi connectivity index (χ0n) is 11.6. The van der Waals surface area contributed by atoms with Crippen molar-refractivity contribution >= 4 is 16.6 Å². The summed E-state index contributed by atoms with van der Waals surface area (Å²) in [5.74, 6) is 0.621. The summed E-state index contributed by atoms with van der Waals surface area (Å²) in [5, 5.41) is 18.9. The zero-order valence-corrected chi connectivity index (χ0v) is 11.6. The van der Waals surface area contributed by atoms with Crippen molar-refractivity contribution in [1.29, 1.82) is 0 Å². The first-order valence-corrected chi connectivity index (χ1v) is 6.96. The third kappa shape index (κ3) is 3.56. The fourth-order valence-corrected chi connectivity index (χ4v) is 2.15. The van der Waals surface area contributed by atoms with Gasteiger partial charge in [0.15, 0.2) is 0 Å². The monoisotopic (exact) mass is 256 g/mol. The first-order chi connectivity index (χ1) is 9.35. The average Bonchev–Trinajstić information content (AvgIpc) is 2.45. The highest BCUT2D eigenvalue weighted by molar-refractivity contribution is 5.89. The molecule has 0 spiro atoms. The molecule has 1 heterocycles. The summed E-state index contributed by atoms with van der Waals surface area (Å²) in [5.41, 5.74) is 0. The predicted octanol–water partition coefficient (Wildman–Crippen LogP) is 4.68. The van der Waals surface area contributed by atoms with Crippen molar-refractivity contribution in [1.82, 2.24) is 10.2 Å². The van der Waals surface area contributed by atoms with Crippen molar-refractivity contribution in [2.45, 2.75) is 45.6 Å². The van der Waals surface area contributed by atoms with Crippen molar-refractivity contribution < 1.29 is 0 Å². The number of azo groups is 1. The van der Waals surface area contributed by atoms with Crippen LogP contribution in [0.25, 0.3) is 10.8 Å². The molecule has 4 heteroatoms. The quantitative estimate of drug-likeness (QED) is 0.704. The van der Waals surface area contributed by atoms with Crippen LogP contribution in [-0.2, 0) is 0 Å². The van der Waals surface area contributed by atoms with Crippen LogP contribution in [0, 0.1) is 0 Å². The molecule has 0 fully saturated rings. The summed E-state index contributed by atoms with van der Waals surface area (Å²) in [6.07, 6.45) is 6.17. The molecular formula is C15H20N4. The van der Waals surface area contributed by atoms with Crippen LogP contribution in [0.4, 0.5) is 5.82 Å². The second-order valence-corrected chi connectivity index (χ2v) is 4.70. The van der Waals surface area contributed by atoms with Crippen molar-refractivity contribution in [2.24, 2.45) is 10.2 Å². The number of hydrogen-bond donors (Lipinski definition) is 0. The number of aromatic nitrogens is 2. The second kappa shape index (κ2) is 6.92. The number of hydrogen-bond acceptors (Lipinski definition) is 4. The average molecular weight is 256 g/mol. The van der Waals surface area contributed by atoms with Gasteiger partial charge in [0.25, 0.3) is 0 Å². The van der Waals surface area contributed by atoms with Crippen LogP contribution in [0.15, 0.2) is 40.7 Å². The minimum Gasteiger partial charge on any atom is -0.184 e. The molecule has 100 valence electrons. The summed E-state index contributed by atoms with van der Waals surface area (Å²) in [7, 11) is 0. The van der Waals surface area contributed by atoms with Gasteiger partial charge in [-0.3, -0.25) is 0 Å². The molecular weight excluding hydrogens is 236 g/mol. The number of benzene rings is 1. The Morgan fingerprint density at radius 1 is 1.11 bits per heavy atom. The van der Waals surface area contributed by atoms with E-state index in [-0.39, 0.29) is 0 Å². The summed E-state index contributed by atoms with van der Waals surface area (Å²) >= 11 is 0. The molecule has 0 N–H and O–H groups in total. The SMILES string of the molecule is CCCC(CCC)N=Nc1nncc2ccccc12. The molecule has 19 heavy (non-hydrogen) atoms. The zero-order chi connectivity index (χ0) is 13.5. The van der Waals surface area contributed by atoms with Crippen molar-refractivity contribution in [3.8, 4) is 0 Å². The van der Waals surface area contributed by atoms with Gasteiger partial charge in [0.2, 0.25) is 5.82 Å². The van der Waals surface area contributed by atoms with E-state index in [4.69, 9.17) is 0 Å². The molecule has 0 saturated heterocycles. The maximum atomic E-state index is 4.45. The van der Waals surface area contributed by atoms with E-state index in [9.17, 15) is 0 Å². The Bertz CT molecular complexity index is 539. The number of nitrogens with zero attached hydrogens (tertiary/aromatic N) is 4. The van der Waals surface area contributed by atoms with Gasteiger partial charge in [-0.1, -0.05) is 51.0 Å². The lowest BCUT2D eigenvalue weighted by Crippen LogP contribution is -2.01. The third-order valence-electron chi connectivity index (χ3n) is 3.11.